The van der Waals surface area contributed by atoms with Crippen LogP contribution in [0, 0.1) is 0 Å². The highest BCUT2D eigenvalue weighted by atomic mass is 35.5. The van der Waals surface area contributed by atoms with Crippen LogP contribution in [0.3, 0.4) is 0 Å². The number of para-hydroxylation sites is 1. The zero-order valence-corrected chi connectivity index (χ0v) is 25.0. The molecule has 1 aliphatic rings. The number of aromatic hydroxyl groups is 1. The molecule has 7 nitrogen and oxygen atoms in total. The summed E-state index contributed by atoms with van der Waals surface area (Å²) in [5.74, 6) is -0.350. The fourth-order valence-corrected chi connectivity index (χ4v) is 5.51. The first-order valence-electron chi connectivity index (χ1n) is 15.1. The maximum absolute atomic E-state index is 12.6. The van der Waals surface area contributed by atoms with Gasteiger partial charge in [-0.15, -0.1) is 0 Å². The van der Waals surface area contributed by atoms with Crippen LogP contribution in [0.2, 0.25) is 5.02 Å². The van der Waals surface area contributed by atoms with Crippen molar-refractivity contribution in [2.75, 3.05) is 31.5 Å². The van der Waals surface area contributed by atoms with Gasteiger partial charge in [0.25, 0.3) is 5.91 Å². The van der Waals surface area contributed by atoms with Crippen LogP contribution in [0.1, 0.15) is 68.1 Å². The van der Waals surface area contributed by atoms with E-state index in [4.69, 9.17) is 16.3 Å². The first kappa shape index (κ1) is 31.4. The molecule has 0 unspecified atom stereocenters. The molecule has 1 fully saturated rings. The molecule has 0 atom stereocenters. The van der Waals surface area contributed by atoms with Gasteiger partial charge >= 0.3 is 6.09 Å². The number of carbonyl (C=O) groups is 2. The lowest BCUT2D eigenvalue weighted by atomic mass is 10.0. The quantitative estimate of drug-likeness (QED) is 0.166. The molecule has 224 valence electrons. The van der Waals surface area contributed by atoms with Gasteiger partial charge in [0.1, 0.15) is 11.9 Å². The normalized spacial score (nSPS) is 13.9. The highest BCUT2D eigenvalue weighted by Gasteiger charge is 2.22. The van der Waals surface area contributed by atoms with Crippen molar-refractivity contribution in [2.24, 2.45) is 0 Å². The van der Waals surface area contributed by atoms with Crippen LogP contribution in [0.15, 0.2) is 72.8 Å². The molecule has 1 heterocycles. The van der Waals surface area contributed by atoms with Gasteiger partial charge in [-0.2, -0.15) is 0 Å². The number of hydrogen-bond donors (Lipinski definition) is 3. The van der Waals surface area contributed by atoms with Crippen LogP contribution >= 0.6 is 11.6 Å². The average molecular weight is 592 g/mol. The van der Waals surface area contributed by atoms with Gasteiger partial charge in [0.2, 0.25) is 0 Å². The Bertz CT molecular complexity index is 1280. The summed E-state index contributed by atoms with van der Waals surface area (Å²) in [5.41, 5.74) is 3.00. The van der Waals surface area contributed by atoms with E-state index >= 15 is 0 Å². The van der Waals surface area contributed by atoms with E-state index < -0.39 is 0 Å². The second kappa shape index (κ2) is 16.8. The van der Waals surface area contributed by atoms with E-state index in [1.807, 2.05) is 54.6 Å². The summed E-state index contributed by atoms with van der Waals surface area (Å²) in [4.78, 5) is 27.3. The molecule has 4 rings (SSSR count). The number of rotatable bonds is 14. The monoisotopic (exact) mass is 591 g/mol. The number of anilines is 1. The van der Waals surface area contributed by atoms with Crippen LogP contribution in [0.25, 0.3) is 11.1 Å². The number of unbranched alkanes of at least 4 members (excludes halogenated alkanes) is 6. The molecule has 0 spiro atoms. The fraction of sp³-hybridized carbons (Fsp3) is 0.412. The van der Waals surface area contributed by atoms with Crippen LogP contribution in [-0.4, -0.2) is 54.3 Å². The van der Waals surface area contributed by atoms with Crippen molar-refractivity contribution in [2.45, 2.75) is 63.9 Å². The predicted molar refractivity (Wildman–Crippen MR) is 169 cm³/mol. The van der Waals surface area contributed by atoms with Gasteiger partial charge in [-0.1, -0.05) is 92.2 Å². The second-order valence-electron chi connectivity index (χ2n) is 10.9. The molecule has 0 aliphatic carbocycles. The minimum absolute atomic E-state index is 0.0499. The SMILES string of the molecule is O=C(Nc1ccccc1-c1ccccc1)OC1CCN(CCCCCCCCCNC(=O)c2cc(Cl)ccc2O)CC1. The Morgan fingerprint density at radius 2 is 1.52 bits per heavy atom. The van der Waals surface area contributed by atoms with Gasteiger partial charge in [-0.05, 0) is 62.1 Å². The van der Waals surface area contributed by atoms with Gasteiger partial charge in [-0.3, -0.25) is 10.1 Å². The van der Waals surface area contributed by atoms with Crippen LogP contribution in [0.4, 0.5) is 10.5 Å². The molecule has 3 aromatic carbocycles. The maximum atomic E-state index is 12.6. The number of piperidine rings is 1. The number of benzene rings is 3. The third kappa shape index (κ3) is 10.1. The molecule has 2 amide bonds. The number of phenolic OH excluding ortho intramolecular Hbond substituents is 1. The number of nitrogens with one attached hydrogen (secondary N) is 2. The lowest BCUT2D eigenvalue weighted by Crippen LogP contribution is -2.38. The lowest BCUT2D eigenvalue weighted by Gasteiger charge is -2.31. The van der Waals surface area contributed by atoms with E-state index in [0.717, 1.165) is 68.6 Å². The molecular formula is C34H42ClN3O4. The van der Waals surface area contributed by atoms with Crippen LogP contribution < -0.4 is 10.6 Å². The van der Waals surface area contributed by atoms with E-state index in [9.17, 15) is 14.7 Å². The minimum Gasteiger partial charge on any atom is -0.507 e. The standard InChI is InChI=1S/C34H42ClN3O4/c35-27-17-18-32(39)30(25-27)33(40)36-21-11-4-2-1-3-5-12-22-38-23-19-28(20-24-38)42-34(41)37-31-16-10-9-15-29(31)26-13-7-6-8-14-26/h6-10,13-18,25,28,39H,1-5,11-12,19-24H2,(H,36,40)(H,37,41). The van der Waals surface area contributed by atoms with Crippen molar-refractivity contribution < 1.29 is 19.4 Å². The van der Waals surface area contributed by atoms with Gasteiger partial charge < -0.3 is 20.1 Å². The molecule has 0 saturated carbocycles. The van der Waals surface area contributed by atoms with Gasteiger partial charge in [0.05, 0.1) is 11.3 Å². The summed E-state index contributed by atoms with van der Waals surface area (Å²) in [6.45, 7) is 3.59. The molecule has 0 radical (unpaired) electrons. The number of likely N-dealkylation sites (tertiary alicyclic amines) is 1. The average Bonchev–Trinajstić information content (AvgIpc) is 3.00. The van der Waals surface area contributed by atoms with E-state index in [1.165, 1.54) is 37.8 Å². The van der Waals surface area contributed by atoms with Crippen molar-refractivity contribution in [3.05, 3.63) is 83.4 Å². The molecule has 1 saturated heterocycles. The maximum Gasteiger partial charge on any atom is 0.411 e. The molecular weight excluding hydrogens is 550 g/mol. The van der Waals surface area contributed by atoms with Crippen molar-refractivity contribution in [3.63, 3.8) is 0 Å². The summed E-state index contributed by atoms with van der Waals surface area (Å²) in [6, 6.07) is 22.3. The first-order valence-corrected chi connectivity index (χ1v) is 15.5. The molecule has 3 N–H and O–H groups in total. The lowest BCUT2D eigenvalue weighted by molar-refractivity contribution is 0.0584. The van der Waals surface area contributed by atoms with E-state index in [2.05, 4.69) is 15.5 Å². The minimum atomic E-state index is -0.389. The third-order valence-corrected chi connectivity index (χ3v) is 7.93. The van der Waals surface area contributed by atoms with E-state index in [1.54, 1.807) is 6.07 Å². The fourth-order valence-electron chi connectivity index (χ4n) is 5.33. The highest BCUT2D eigenvalue weighted by molar-refractivity contribution is 6.31. The summed E-state index contributed by atoms with van der Waals surface area (Å²) >= 11 is 5.91. The largest absolute Gasteiger partial charge is 0.507 e. The number of phenols is 1. The Kier molecular flexibility index (Phi) is 12.5. The Morgan fingerprint density at radius 1 is 0.857 bits per heavy atom. The van der Waals surface area contributed by atoms with E-state index in [0.29, 0.717) is 11.6 Å². The van der Waals surface area contributed by atoms with Gasteiger partial charge in [0.15, 0.2) is 0 Å². The Balaban J connectivity index is 1.01. The molecule has 42 heavy (non-hydrogen) atoms. The molecule has 8 heteroatoms. The summed E-state index contributed by atoms with van der Waals surface area (Å²) < 4.78 is 5.76. The molecule has 0 aromatic heterocycles. The van der Waals surface area contributed by atoms with Crippen molar-refractivity contribution >= 4 is 29.3 Å². The number of halogens is 1. The van der Waals surface area contributed by atoms with E-state index in [-0.39, 0.29) is 29.4 Å². The topological polar surface area (TPSA) is 90.9 Å². The zero-order valence-electron chi connectivity index (χ0n) is 24.2. The number of carbonyl (C=O) groups excluding carboxylic acids is 2. The molecule has 3 aromatic rings. The zero-order chi connectivity index (χ0) is 29.6. The molecule has 0 bridgehead atoms. The number of hydrogen-bond acceptors (Lipinski definition) is 5. The summed E-state index contributed by atoms with van der Waals surface area (Å²) in [6.07, 6.45) is 9.23. The summed E-state index contributed by atoms with van der Waals surface area (Å²) in [7, 11) is 0. The van der Waals surface area contributed by atoms with Crippen LogP contribution in [-0.2, 0) is 4.74 Å². The Hall–Kier alpha value is -3.55. The van der Waals surface area contributed by atoms with Crippen molar-refractivity contribution in [1.29, 1.82) is 0 Å². The third-order valence-electron chi connectivity index (χ3n) is 7.70. The van der Waals surface area contributed by atoms with Gasteiger partial charge in [0, 0.05) is 30.2 Å². The first-order chi connectivity index (χ1) is 20.5. The number of ether oxygens (including phenoxy) is 1. The van der Waals surface area contributed by atoms with Crippen molar-refractivity contribution in [3.8, 4) is 16.9 Å². The predicted octanol–water partition coefficient (Wildman–Crippen LogP) is 7.89. The number of amides is 2. The summed E-state index contributed by atoms with van der Waals surface area (Å²) in [5, 5.41) is 16.0. The molecule has 1 aliphatic heterocycles. The smallest absolute Gasteiger partial charge is 0.411 e. The highest BCUT2D eigenvalue weighted by Crippen LogP contribution is 2.28. The van der Waals surface area contributed by atoms with Crippen LogP contribution in [0.5, 0.6) is 5.75 Å². The second-order valence-corrected chi connectivity index (χ2v) is 11.3. The Labute approximate surface area is 254 Å². The van der Waals surface area contributed by atoms with Gasteiger partial charge in [-0.25, -0.2) is 4.79 Å². The van der Waals surface area contributed by atoms with Crippen molar-refractivity contribution in [1.82, 2.24) is 10.2 Å². The Morgan fingerprint density at radius 3 is 2.29 bits per heavy atom. The number of nitrogens with zero attached hydrogens (tertiary/aromatic N) is 1.